The van der Waals surface area contributed by atoms with Gasteiger partial charge in [0, 0.05) is 18.7 Å². The minimum Gasteiger partial charge on any atom is -0.507 e. The molecule has 6 heteroatoms. The molecular weight excluding hydrogens is 428 g/mol. The van der Waals surface area contributed by atoms with Gasteiger partial charge < -0.3 is 19.6 Å². The van der Waals surface area contributed by atoms with Gasteiger partial charge in [0.25, 0.3) is 11.7 Å². The van der Waals surface area contributed by atoms with E-state index in [2.05, 4.69) is 25.7 Å². The fourth-order valence-corrected chi connectivity index (χ4v) is 4.31. The van der Waals surface area contributed by atoms with Crippen LogP contribution in [0.1, 0.15) is 57.2 Å². The zero-order valence-corrected chi connectivity index (χ0v) is 20.5. The van der Waals surface area contributed by atoms with Crippen molar-refractivity contribution < 1.29 is 19.4 Å². The van der Waals surface area contributed by atoms with E-state index in [9.17, 15) is 14.7 Å². The summed E-state index contributed by atoms with van der Waals surface area (Å²) in [6.45, 7) is 9.66. The molecule has 1 aliphatic heterocycles. The zero-order valence-electron chi connectivity index (χ0n) is 20.5. The van der Waals surface area contributed by atoms with Crippen molar-refractivity contribution in [1.82, 2.24) is 9.80 Å². The second-order valence-corrected chi connectivity index (χ2v) is 8.51. The quantitative estimate of drug-likeness (QED) is 0.207. The maximum absolute atomic E-state index is 13.2. The zero-order chi connectivity index (χ0) is 24.5. The lowest BCUT2D eigenvalue weighted by Crippen LogP contribution is -2.38. The van der Waals surface area contributed by atoms with Crippen LogP contribution in [-0.2, 0) is 9.59 Å². The minimum atomic E-state index is -0.671. The van der Waals surface area contributed by atoms with Crippen molar-refractivity contribution in [3.63, 3.8) is 0 Å². The number of aliphatic hydroxyl groups is 1. The van der Waals surface area contributed by atoms with Gasteiger partial charge in [0.2, 0.25) is 0 Å². The summed E-state index contributed by atoms with van der Waals surface area (Å²) in [6.07, 6.45) is 3.18. The first-order valence-electron chi connectivity index (χ1n) is 12.3. The van der Waals surface area contributed by atoms with Crippen molar-refractivity contribution in [3.05, 3.63) is 71.3 Å². The third-order valence-electron chi connectivity index (χ3n) is 6.33. The number of ether oxygens (including phenoxy) is 1. The predicted octanol–water partition coefficient (Wildman–Crippen LogP) is 5.02. The van der Waals surface area contributed by atoms with E-state index in [0.717, 1.165) is 37.9 Å². The van der Waals surface area contributed by atoms with Gasteiger partial charge in [-0.2, -0.15) is 0 Å². The lowest BCUT2D eigenvalue weighted by molar-refractivity contribution is -0.140. The number of likely N-dealkylation sites (tertiary alicyclic amines) is 1. The molecule has 2 aromatic carbocycles. The number of aliphatic hydroxyl groups excluding tert-OH is 1. The Morgan fingerprint density at radius 3 is 2.41 bits per heavy atom. The molecule has 6 nitrogen and oxygen atoms in total. The number of carbonyl (C=O) groups is 2. The van der Waals surface area contributed by atoms with Crippen molar-refractivity contribution in [2.75, 3.05) is 32.8 Å². The van der Waals surface area contributed by atoms with Crippen LogP contribution in [0.25, 0.3) is 5.76 Å². The van der Waals surface area contributed by atoms with Crippen LogP contribution < -0.4 is 4.74 Å². The second-order valence-electron chi connectivity index (χ2n) is 8.51. The monoisotopic (exact) mass is 464 g/mol. The molecule has 0 aromatic heterocycles. The molecule has 1 aliphatic rings. The van der Waals surface area contributed by atoms with E-state index in [0.29, 0.717) is 31.0 Å². The van der Waals surface area contributed by atoms with Crippen LogP contribution in [-0.4, -0.2) is 59.4 Å². The summed E-state index contributed by atoms with van der Waals surface area (Å²) >= 11 is 0. The van der Waals surface area contributed by atoms with Crippen molar-refractivity contribution in [3.8, 4) is 5.75 Å². The Balaban J connectivity index is 2.01. The summed E-state index contributed by atoms with van der Waals surface area (Å²) < 4.78 is 5.94. The fourth-order valence-electron chi connectivity index (χ4n) is 4.31. The average Bonchev–Trinajstić information content (AvgIpc) is 3.12. The van der Waals surface area contributed by atoms with Crippen LogP contribution in [0.3, 0.4) is 0 Å². The van der Waals surface area contributed by atoms with Crippen LogP contribution >= 0.6 is 0 Å². The molecule has 0 aliphatic carbocycles. The Hall–Kier alpha value is -3.12. The molecule has 0 spiro atoms. The highest BCUT2D eigenvalue weighted by Gasteiger charge is 2.46. The number of nitrogens with zero attached hydrogens (tertiary/aromatic N) is 2. The number of hydrogen-bond acceptors (Lipinski definition) is 5. The summed E-state index contributed by atoms with van der Waals surface area (Å²) in [5.41, 5.74) is 1.39. The topological polar surface area (TPSA) is 70.1 Å². The number of Topliss-reactive ketones (excluding diaryl/α,β-unsaturated/α-hetero) is 1. The van der Waals surface area contributed by atoms with Gasteiger partial charge in [0.15, 0.2) is 0 Å². The summed E-state index contributed by atoms with van der Waals surface area (Å²) in [6, 6.07) is 15.8. The van der Waals surface area contributed by atoms with Crippen LogP contribution in [0.15, 0.2) is 60.2 Å². The molecule has 3 rings (SSSR count). The van der Waals surface area contributed by atoms with Gasteiger partial charge in [-0.1, -0.05) is 76.1 Å². The smallest absolute Gasteiger partial charge is 0.295 e. The predicted molar refractivity (Wildman–Crippen MR) is 135 cm³/mol. The SMILES string of the molecule is CCCCCOc1cccc(C2C(=C(O)c3ccccc3)C(=O)C(=O)N2CCN(CC)CC)c1. The summed E-state index contributed by atoms with van der Waals surface area (Å²) in [4.78, 5) is 30.1. The third-order valence-corrected chi connectivity index (χ3v) is 6.33. The number of rotatable bonds is 12. The first-order chi connectivity index (χ1) is 16.5. The maximum atomic E-state index is 13.2. The summed E-state index contributed by atoms with van der Waals surface area (Å²) in [5.74, 6) is -0.685. The molecular formula is C28H36N2O4. The highest BCUT2D eigenvalue weighted by molar-refractivity contribution is 6.46. The summed E-state index contributed by atoms with van der Waals surface area (Å²) in [5, 5.41) is 11.1. The molecule has 1 fully saturated rings. The van der Waals surface area contributed by atoms with Crippen LogP contribution in [0.4, 0.5) is 0 Å². The Labute approximate surface area is 202 Å². The van der Waals surface area contributed by atoms with Crippen LogP contribution in [0.5, 0.6) is 5.75 Å². The molecule has 1 amide bonds. The Morgan fingerprint density at radius 1 is 1.00 bits per heavy atom. The standard InChI is InChI=1S/C28H36N2O4/c1-4-7-11-19-34-23-16-12-15-22(20-23)25-24(26(31)21-13-9-8-10-14-21)27(32)28(33)30(25)18-17-29(5-2)6-3/h8-10,12-16,20,25,31H,4-7,11,17-19H2,1-3H3. The normalized spacial score (nSPS) is 17.5. The van der Waals surface area contributed by atoms with Crippen molar-refractivity contribution in [2.45, 2.75) is 46.1 Å². The Morgan fingerprint density at radius 2 is 1.74 bits per heavy atom. The van der Waals surface area contributed by atoms with Gasteiger partial charge in [0.1, 0.15) is 11.5 Å². The second kappa shape index (κ2) is 12.4. The fraction of sp³-hybridized carbons (Fsp3) is 0.429. The van der Waals surface area contributed by atoms with Crippen molar-refractivity contribution in [1.29, 1.82) is 0 Å². The van der Waals surface area contributed by atoms with Crippen molar-refractivity contribution in [2.24, 2.45) is 0 Å². The highest BCUT2D eigenvalue weighted by Crippen LogP contribution is 2.40. The van der Waals surface area contributed by atoms with Crippen LogP contribution in [0, 0.1) is 0 Å². The van der Waals surface area contributed by atoms with E-state index in [1.807, 2.05) is 30.3 Å². The molecule has 1 atom stereocenters. The number of amides is 1. The Bertz CT molecular complexity index is 998. The van der Waals surface area contributed by atoms with E-state index >= 15 is 0 Å². The van der Waals surface area contributed by atoms with Gasteiger partial charge in [-0.05, 0) is 37.2 Å². The molecule has 0 radical (unpaired) electrons. The highest BCUT2D eigenvalue weighted by atomic mass is 16.5. The van der Waals surface area contributed by atoms with E-state index in [1.165, 1.54) is 0 Å². The van der Waals surface area contributed by atoms with E-state index in [-0.39, 0.29) is 11.3 Å². The first-order valence-corrected chi connectivity index (χ1v) is 12.3. The largest absolute Gasteiger partial charge is 0.507 e. The van der Waals surface area contributed by atoms with Gasteiger partial charge in [-0.3, -0.25) is 9.59 Å². The van der Waals surface area contributed by atoms with Gasteiger partial charge in [-0.25, -0.2) is 0 Å². The molecule has 2 aromatic rings. The molecule has 0 bridgehead atoms. The Kier molecular flexibility index (Phi) is 9.28. The lowest BCUT2D eigenvalue weighted by atomic mass is 9.95. The number of unbranched alkanes of at least 4 members (excludes halogenated alkanes) is 2. The van der Waals surface area contributed by atoms with E-state index < -0.39 is 17.7 Å². The molecule has 182 valence electrons. The van der Waals surface area contributed by atoms with Gasteiger partial charge in [-0.15, -0.1) is 0 Å². The molecule has 1 saturated heterocycles. The molecule has 1 heterocycles. The number of carbonyl (C=O) groups excluding carboxylic acids is 2. The number of hydrogen-bond donors (Lipinski definition) is 1. The van der Waals surface area contributed by atoms with E-state index in [4.69, 9.17) is 4.74 Å². The van der Waals surface area contributed by atoms with E-state index in [1.54, 1.807) is 29.2 Å². The average molecular weight is 465 g/mol. The number of likely N-dealkylation sites (N-methyl/N-ethyl adjacent to an activating group) is 1. The van der Waals surface area contributed by atoms with Gasteiger partial charge in [0.05, 0.1) is 18.2 Å². The molecule has 1 N–H and O–H groups in total. The lowest BCUT2D eigenvalue weighted by Gasteiger charge is -2.28. The molecule has 34 heavy (non-hydrogen) atoms. The molecule has 0 saturated carbocycles. The minimum absolute atomic E-state index is 0.124. The van der Waals surface area contributed by atoms with Gasteiger partial charge >= 0.3 is 0 Å². The first kappa shape index (κ1) is 25.5. The van der Waals surface area contributed by atoms with Crippen molar-refractivity contribution >= 4 is 17.4 Å². The number of ketones is 1. The van der Waals surface area contributed by atoms with Crippen LogP contribution in [0.2, 0.25) is 0 Å². The molecule has 1 unspecified atom stereocenters. The number of benzene rings is 2. The third kappa shape index (κ3) is 5.86. The maximum Gasteiger partial charge on any atom is 0.295 e. The summed E-state index contributed by atoms with van der Waals surface area (Å²) in [7, 11) is 0.